The van der Waals surface area contributed by atoms with Gasteiger partial charge in [0.25, 0.3) is 0 Å². The minimum absolute atomic E-state index is 0.271. The lowest BCUT2D eigenvalue weighted by molar-refractivity contribution is -0.325. The predicted molar refractivity (Wildman–Crippen MR) is 63.3 cm³/mol. The second-order valence-electron chi connectivity index (χ2n) is 5.96. The van der Waals surface area contributed by atoms with E-state index in [-0.39, 0.29) is 6.54 Å². The molecule has 0 amide bonds. The number of halogens is 6. The summed E-state index contributed by atoms with van der Waals surface area (Å²) in [6, 6.07) is 0. The zero-order valence-electron chi connectivity index (χ0n) is 12.0. The molecule has 0 saturated heterocycles. The first-order valence-corrected chi connectivity index (χ1v) is 6.21. The molecule has 0 aromatic rings. The van der Waals surface area contributed by atoms with Gasteiger partial charge in [0.1, 0.15) is 0 Å². The van der Waals surface area contributed by atoms with E-state index in [2.05, 4.69) is 10.1 Å². The molecular formula is C12H21F6NO. The van der Waals surface area contributed by atoms with Crippen molar-refractivity contribution >= 4 is 0 Å². The first kappa shape index (κ1) is 19.5. The highest BCUT2D eigenvalue weighted by molar-refractivity contribution is 4.79. The van der Waals surface area contributed by atoms with Crippen LogP contribution in [0.5, 0.6) is 0 Å². The van der Waals surface area contributed by atoms with Crippen molar-refractivity contribution in [2.45, 2.75) is 46.2 Å². The van der Waals surface area contributed by atoms with E-state index in [0.717, 1.165) is 0 Å². The molecule has 0 heterocycles. The zero-order chi connectivity index (χ0) is 16.2. The Morgan fingerprint density at radius 3 is 1.75 bits per heavy atom. The average Bonchev–Trinajstić information content (AvgIpc) is 2.11. The summed E-state index contributed by atoms with van der Waals surface area (Å²) in [4.78, 5) is 0. The fraction of sp³-hybridized carbons (Fsp3) is 1.00. The van der Waals surface area contributed by atoms with Gasteiger partial charge in [-0.1, -0.05) is 27.7 Å². The van der Waals surface area contributed by atoms with Crippen LogP contribution < -0.4 is 5.32 Å². The molecule has 122 valence electrons. The van der Waals surface area contributed by atoms with Gasteiger partial charge in [0.15, 0.2) is 0 Å². The van der Waals surface area contributed by atoms with Crippen LogP contribution in [0.15, 0.2) is 0 Å². The second-order valence-corrected chi connectivity index (χ2v) is 5.96. The van der Waals surface area contributed by atoms with Crippen LogP contribution in [0, 0.1) is 11.3 Å². The molecule has 0 spiro atoms. The van der Waals surface area contributed by atoms with Gasteiger partial charge < -0.3 is 10.1 Å². The normalized spacial score (nSPS) is 14.4. The summed E-state index contributed by atoms with van der Waals surface area (Å²) < 4.78 is 77.8. The second kappa shape index (κ2) is 6.98. The Labute approximate surface area is 114 Å². The molecule has 0 aliphatic carbocycles. The van der Waals surface area contributed by atoms with Crippen molar-refractivity contribution in [3.05, 3.63) is 0 Å². The minimum Gasteiger partial charge on any atom is -0.360 e. The molecule has 0 aliphatic rings. The minimum atomic E-state index is -5.46. The maximum atomic E-state index is 12.3. The number of nitrogens with one attached hydrogen (secondary N) is 1. The van der Waals surface area contributed by atoms with Crippen LogP contribution in [0.2, 0.25) is 0 Å². The molecule has 0 aromatic carbocycles. The van der Waals surface area contributed by atoms with E-state index in [1.54, 1.807) is 13.8 Å². The third-order valence-corrected chi connectivity index (χ3v) is 2.39. The quantitative estimate of drug-likeness (QED) is 0.723. The third-order valence-electron chi connectivity index (χ3n) is 2.39. The van der Waals surface area contributed by atoms with Gasteiger partial charge in [0, 0.05) is 12.0 Å². The Balaban J connectivity index is 4.47. The lowest BCUT2D eigenvalue weighted by atomic mass is 9.94. The molecule has 20 heavy (non-hydrogen) atoms. The van der Waals surface area contributed by atoms with Gasteiger partial charge in [-0.25, -0.2) is 0 Å². The summed E-state index contributed by atoms with van der Waals surface area (Å²) in [7, 11) is 0. The predicted octanol–water partition coefficient (Wildman–Crippen LogP) is 3.77. The molecule has 0 unspecified atom stereocenters. The fourth-order valence-electron chi connectivity index (χ4n) is 1.43. The monoisotopic (exact) mass is 309 g/mol. The molecule has 8 heteroatoms. The van der Waals surface area contributed by atoms with E-state index >= 15 is 0 Å². The Hall–Kier alpha value is -0.500. The number of hydrogen-bond acceptors (Lipinski definition) is 2. The lowest BCUT2D eigenvalue weighted by Crippen LogP contribution is -2.47. The third kappa shape index (κ3) is 7.94. The van der Waals surface area contributed by atoms with Crippen LogP contribution in [-0.4, -0.2) is 38.2 Å². The average molecular weight is 309 g/mol. The maximum absolute atomic E-state index is 12.3. The number of hydrogen-bond donors (Lipinski definition) is 1. The van der Waals surface area contributed by atoms with E-state index in [1.807, 2.05) is 13.8 Å². The number of ether oxygens (including phenoxy) is 1. The first-order valence-electron chi connectivity index (χ1n) is 6.21. The SMILES string of the molecule is CC(C)CNCC(C)(C)COC(C(F)(F)F)C(F)(F)F. The fourth-order valence-corrected chi connectivity index (χ4v) is 1.43. The van der Waals surface area contributed by atoms with Crippen molar-refractivity contribution in [1.82, 2.24) is 5.32 Å². The standard InChI is InChI=1S/C12H21F6NO/c1-8(2)5-19-6-10(3,4)7-20-9(11(13,14)15)12(16,17)18/h8-9,19H,5-7H2,1-4H3. The number of alkyl halides is 6. The van der Waals surface area contributed by atoms with Gasteiger partial charge in [0.2, 0.25) is 6.10 Å². The van der Waals surface area contributed by atoms with Gasteiger partial charge in [-0.3, -0.25) is 0 Å². The van der Waals surface area contributed by atoms with E-state index in [9.17, 15) is 26.3 Å². The molecule has 0 fully saturated rings. The molecule has 0 atom stereocenters. The summed E-state index contributed by atoms with van der Waals surface area (Å²) in [5, 5.41) is 2.98. The molecule has 0 aliphatic heterocycles. The summed E-state index contributed by atoms with van der Waals surface area (Å²) in [5.41, 5.74) is -0.830. The molecule has 0 saturated carbocycles. The maximum Gasteiger partial charge on any atom is 0.423 e. The molecule has 0 radical (unpaired) electrons. The van der Waals surface area contributed by atoms with Gasteiger partial charge in [-0.05, 0) is 12.5 Å². The van der Waals surface area contributed by atoms with Crippen molar-refractivity contribution in [3.8, 4) is 0 Å². The highest BCUT2D eigenvalue weighted by Gasteiger charge is 2.58. The summed E-state index contributed by atoms with van der Waals surface area (Å²) >= 11 is 0. The zero-order valence-corrected chi connectivity index (χ0v) is 12.0. The first-order chi connectivity index (χ1) is 8.76. The van der Waals surface area contributed by atoms with E-state index in [4.69, 9.17) is 0 Å². The van der Waals surface area contributed by atoms with Crippen LogP contribution in [0.25, 0.3) is 0 Å². The molecule has 0 bridgehead atoms. The number of rotatable bonds is 7. The van der Waals surface area contributed by atoms with Crippen molar-refractivity contribution in [2.75, 3.05) is 19.7 Å². The molecule has 1 N–H and O–H groups in total. The van der Waals surface area contributed by atoms with E-state index < -0.39 is 30.5 Å². The Bertz CT molecular complexity index is 271. The van der Waals surface area contributed by atoms with Gasteiger partial charge in [-0.15, -0.1) is 0 Å². The highest BCUT2D eigenvalue weighted by atomic mass is 19.4. The molecule has 0 rings (SSSR count). The lowest BCUT2D eigenvalue weighted by Gasteiger charge is -2.30. The van der Waals surface area contributed by atoms with E-state index in [0.29, 0.717) is 12.5 Å². The van der Waals surface area contributed by atoms with Gasteiger partial charge in [0.05, 0.1) is 6.61 Å². The highest BCUT2D eigenvalue weighted by Crippen LogP contribution is 2.36. The largest absolute Gasteiger partial charge is 0.423 e. The van der Waals surface area contributed by atoms with Crippen molar-refractivity contribution in [1.29, 1.82) is 0 Å². The van der Waals surface area contributed by atoms with Crippen molar-refractivity contribution < 1.29 is 31.1 Å². The van der Waals surface area contributed by atoms with Crippen LogP contribution in [0.3, 0.4) is 0 Å². The summed E-state index contributed by atoms with van der Waals surface area (Å²) in [6.07, 6.45) is -14.7. The summed E-state index contributed by atoms with van der Waals surface area (Å²) in [6.45, 7) is 7.24. The Morgan fingerprint density at radius 1 is 0.950 bits per heavy atom. The Morgan fingerprint density at radius 2 is 1.40 bits per heavy atom. The molecule has 0 aromatic heterocycles. The Kier molecular flexibility index (Phi) is 6.80. The van der Waals surface area contributed by atoms with Crippen LogP contribution >= 0.6 is 0 Å². The van der Waals surface area contributed by atoms with Crippen LogP contribution in [-0.2, 0) is 4.74 Å². The summed E-state index contributed by atoms with van der Waals surface area (Å²) in [5.74, 6) is 0.338. The van der Waals surface area contributed by atoms with E-state index in [1.165, 1.54) is 0 Å². The van der Waals surface area contributed by atoms with Crippen molar-refractivity contribution in [3.63, 3.8) is 0 Å². The van der Waals surface area contributed by atoms with Crippen molar-refractivity contribution in [2.24, 2.45) is 11.3 Å². The topological polar surface area (TPSA) is 21.3 Å². The van der Waals surface area contributed by atoms with Gasteiger partial charge in [-0.2, -0.15) is 26.3 Å². The van der Waals surface area contributed by atoms with Crippen LogP contribution in [0.1, 0.15) is 27.7 Å². The van der Waals surface area contributed by atoms with Crippen LogP contribution in [0.4, 0.5) is 26.3 Å². The molecule has 2 nitrogen and oxygen atoms in total. The smallest absolute Gasteiger partial charge is 0.360 e. The molecular weight excluding hydrogens is 288 g/mol. The van der Waals surface area contributed by atoms with Gasteiger partial charge >= 0.3 is 12.4 Å².